The number of amides is 2. The summed E-state index contributed by atoms with van der Waals surface area (Å²) in [5.74, 6) is 0.149. The number of hydrogen-bond donors (Lipinski definition) is 2. The lowest BCUT2D eigenvalue weighted by molar-refractivity contribution is -0.126. The van der Waals surface area contributed by atoms with Crippen molar-refractivity contribution in [3.8, 4) is 0 Å². The van der Waals surface area contributed by atoms with Gasteiger partial charge in [-0.25, -0.2) is 0 Å². The number of rotatable bonds is 12. The second-order valence-corrected chi connectivity index (χ2v) is 6.57. The molecule has 0 bridgehead atoms. The zero-order valence-corrected chi connectivity index (χ0v) is 16.3. The Hall–Kier alpha value is -1.92. The van der Waals surface area contributed by atoms with Crippen LogP contribution in [0.25, 0.3) is 0 Å². The minimum absolute atomic E-state index is 0.168. The van der Waals surface area contributed by atoms with Gasteiger partial charge in [0.2, 0.25) is 0 Å². The molecule has 146 valence electrons. The first-order valence-electron chi connectivity index (χ1n) is 9.32. The smallest absolute Gasteiger partial charge is 0.253 e. The second kappa shape index (κ2) is 12.4. The van der Waals surface area contributed by atoms with Crippen LogP contribution in [0.15, 0.2) is 24.3 Å². The first-order chi connectivity index (χ1) is 12.4. The molecule has 26 heavy (non-hydrogen) atoms. The van der Waals surface area contributed by atoms with Gasteiger partial charge >= 0.3 is 0 Å². The van der Waals surface area contributed by atoms with Crippen LogP contribution in [-0.4, -0.2) is 44.3 Å². The molecule has 1 atom stereocenters. The van der Waals surface area contributed by atoms with Gasteiger partial charge in [0.15, 0.2) is 0 Å². The van der Waals surface area contributed by atoms with Crippen molar-refractivity contribution in [1.29, 1.82) is 0 Å². The van der Waals surface area contributed by atoms with E-state index in [1.54, 1.807) is 31.2 Å². The number of carbonyl (C=O) groups is 2. The molecule has 2 amide bonds. The van der Waals surface area contributed by atoms with E-state index in [9.17, 15) is 9.59 Å². The highest BCUT2D eigenvalue weighted by molar-refractivity contribution is 5.98. The van der Waals surface area contributed by atoms with Crippen molar-refractivity contribution in [2.24, 2.45) is 5.92 Å². The van der Waals surface area contributed by atoms with Gasteiger partial charge in [-0.05, 0) is 50.8 Å². The third-order valence-electron chi connectivity index (χ3n) is 3.78. The molecule has 1 unspecified atom stereocenters. The molecule has 1 aromatic carbocycles. The Morgan fingerprint density at radius 2 is 1.92 bits per heavy atom. The number of hydrogen-bond acceptors (Lipinski definition) is 4. The Kier molecular flexibility index (Phi) is 10.6. The summed E-state index contributed by atoms with van der Waals surface area (Å²) in [6.45, 7) is 10.3. The molecule has 1 rings (SSSR count). The topological polar surface area (TPSA) is 76.7 Å². The Morgan fingerprint density at radius 1 is 1.15 bits per heavy atom. The average molecular weight is 364 g/mol. The van der Waals surface area contributed by atoms with E-state index >= 15 is 0 Å². The molecule has 0 saturated carbocycles. The molecule has 6 nitrogen and oxygen atoms in total. The number of carbonyl (C=O) groups excluding carboxylic acids is 2. The Balaban J connectivity index is 2.47. The van der Waals surface area contributed by atoms with Gasteiger partial charge in [-0.1, -0.05) is 19.9 Å². The van der Waals surface area contributed by atoms with Crippen molar-refractivity contribution in [3.63, 3.8) is 0 Å². The van der Waals surface area contributed by atoms with Crippen molar-refractivity contribution in [2.45, 2.75) is 46.6 Å². The average Bonchev–Trinajstić information content (AvgIpc) is 2.61. The summed E-state index contributed by atoms with van der Waals surface area (Å²) in [6.07, 6.45) is 1.14. The molecule has 2 N–H and O–H groups in total. The number of anilines is 1. The van der Waals surface area contributed by atoms with Gasteiger partial charge in [-0.3, -0.25) is 9.59 Å². The lowest BCUT2D eigenvalue weighted by Gasteiger charge is -2.14. The van der Waals surface area contributed by atoms with Gasteiger partial charge in [0.05, 0.1) is 0 Å². The maximum atomic E-state index is 12.2. The summed E-state index contributed by atoms with van der Waals surface area (Å²) >= 11 is 0. The lowest BCUT2D eigenvalue weighted by atomic mass is 10.1. The van der Waals surface area contributed by atoms with Crippen LogP contribution in [0.5, 0.6) is 0 Å². The second-order valence-electron chi connectivity index (χ2n) is 6.57. The van der Waals surface area contributed by atoms with E-state index in [0.29, 0.717) is 43.5 Å². The predicted molar refractivity (Wildman–Crippen MR) is 103 cm³/mol. The fraction of sp³-hybridized carbons (Fsp3) is 0.600. The summed E-state index contributed by atoms with van der Waals surface area (Å²) in [7, 11) is 0. The first kappa shape index (κ1) is 22.1. The maximum absolute atomic E-state index is 12.2. The zero-order valence-electron chi connectivity index (χ0n) is 16.3. The van der Waals surface area contributed by atoms with Crippen LogP contribution >= 0.6 is 0 Å². The SMILES string of the molecule is CCOCCCNC(=O)c1cccc(NC(=O)C(C)OCCC(C)C)c1. The maximum Gasteiger partial charge on any atom is 0.253 e. The number of benzene rings is 1. The van der Waals surface area contributed by atoms with E-state index in [4.69, 9.17) is 9.47 Å². The van der Waals surface area contributed by atoms with E-state index in [0.717, 1.165) is 12.8 Å². The molecule has 1 aromatic rings. The van der Waals surface area contributed by atoms with E-state index in [1.165, 1.54) is 0 Å². The van der Waals surface area contributed by atoms with Gasteiger partial charge < -0.3 is 20.1 Å². The van der Waals surface area contributed by atoms with Gasteiger partial charge in [0, 0.05) is 37.6 Å². The normalized spacial score (nSPS) is 12.0. The van der Waals surface area contributed by atoms with Crippen LogP contribution in [0.3, 0.4) is 0 Å². The Morgan fingerprint density at radius 3 is 2.62 bits per heavy atom. The molecule has 0 fully saturated rings. The van der Waals surface area contributed by atoms with Crippen molar-refractivity contribution >= 4 is 17.5 Å². The monoisotopic (exact) mass is 364 g/mol. The summed E-state index contributed by atoms with van der Waals surface area (Å²) in [5.41, 5.74) is 1.09. The molecular weight excluding hydrogens is 332 g/mol. The zero-order chi connectivity index (χ0) is 19.4. The summed E-state index contributed by atoms with van der Waals surface area (Å²) in [4.78, 5) is 24.4. The fourth-order valence-electron chi connectivity index (χ4n) is 2.16. The minimum Gasteiger partial charge on any atom is -0.382 e. The van der Waals surface area contributed by atoms with Crippen molar-refractivity contribution < 1.29 is 19.1 Å². The molecule has 0 spiro atoms. The quantitative estimate of drug-likeness (QED) is 0.558. The molecule has 0 radical (unpaired) electrons. The van der Waals surface area contributed by atoms with Crippen LogP contribution in [0, 0.1) is 5.92 Å². The highest BCUT2D eigenvalue weighted by atomic mass is 16.5. The summed E-state index contributed by atoms with van der Waals surface area (Å²) < 4.78 is 10.8. The van der Waals surface area contributed by atoms with Crippen LogP contribution in [-0.2, 0) is 14.3 Å². The summed E-state index contributed by atoms with van der Waals surface area (Å²) in [5, 5.41) is 5.64. The van der Waals surface area contributed by atoms with Gasteiger partial charge in [0.1, 0.15) is 6.10 Å². The van der Waals surface area contributed by atoms with Crippen molar-refractivity contribution in [3.05, 3.63) is 29.8 Å². The van der Waals surface area contributed by atoms with Crippen LogP contribution < -0.4 is 10.6 Å². The van der Waals surface area contributed by atoms with Crippen LogP contribution in [0.1, 0.15) is 50.9 Å². The van der Waals surface area contributed by atoms with E-state index in [-0.39, 0.29) is 11.8 Å². The molecule has 0 heterocycles. The standard InChI is InChI=1S/C20H32N2O4/c1-5-25-12-7-11-21-20(24)17-8-6-9-18(14-17)22-19(23)16(4)26-13-10-15(2)3/h6,8-9,14-16H,5,7,10-13H2,1-4H3,(H,21,24)(H,22,23). The third-order valence-corrected chi connectivity index (χ3v) is 3.78. The van der Waals surface area contributed by atoms with Crippen LogP contribution in [0.4, 0.5) is 5.69 Å². The highest BCUT2D eigenvalue weighted by Crippen LogP contribution is 2.12. The van der Waals surface area contributed by atoms with Crippen molar-refractivity contribution in [2.75, 3.05) is 31.7 Å². The Bertz CT molecular complexity index is 560. The molecule has 0 aliphatic carbocycles. The van der Waals surface area contributed by atoms with Gasteiger partial charge in [0.25, 0.3) is 11.8 Å². The van der Waals surface area contributed by atoms with E-state index < -0.39 is 6.10 Å². The minimum atomic E-state index is -0.537. The molecule has 0 saturated heterocycles. The number of ether oxygens (including phenoxy) is 2. The molecular formula is C20H32N2O4. The Labute approximate surface area is 156 Å². The fourth-order valence-corrected chi connectivity index (χ4v) is 2.16. The molecule has 0 aliphatic heterocycles. The summed E-state index contributed by atoms with van der Waals surface area (Å²) in [6, 6.07) is 6.88. The first-order valence-corrected chi connectivity index (χ1v) is 9.32. The largest absolute Gasteiger partial charge is 0.382 e. The lowest BCUT2D eigenvalue weighted by Crippen LogP contribution is -2.29. The van der Waals surface area contributed by atoms with E-state index in [1.807, 2.05) is 6.92 Å². The van der Waals surface area contributed by atoms with Gasteiger partial charge in [-0.2, -0.15) is 0 Å². The molecule has 6 heteroatoms. The van der Waals surface area contributed by atoms with E-state index in [2.05, 4.69) is 24.5 Å². The van der Waals surface area contributed by atoms with Crippen LogP contribution in [0.2, 0.25) is 0 Å². The number of nitrogens with one attached hydrogen (secondary N) is 2. The third kappa shape index (κ3) is 8.97. The molecule has 0 aromatic heterocycles. The van der Waals surface area contributed by atoms with Crippen molar-refractivity contribution in [1.82, 2.24) is 5.32 Å². The highest BCUT2D eigenvalue weighted by Gasteiger charge is 2.14. The predicted octanol–water partition coefficient (Wildman–Crippen LogP) is 3.23. The molecule has 0 aliphatic rings. The van der Waals surface area contributed by atoms with Gasteiger partial charge in [-0.15, -0.1) is 0 Å².